The zero-order valence-corrected chi connectivity index (χ0v) is 8.55. The van der Waals surface area contributed by atoms with Crippen LogP contribution in [0.15, 0.2) is 6.07 Å². The summed E-state index contributed by atoms with van der Waals surface area (Å²) in [6, 6.07) is 1.39. The average molecular weight is 236 g/mol. The van der Waals surface area contributed by atoms with Gasteiger partial charge in [-0.2, -0.15) is 0 Å². The van der Waals surface area contributed by atoms with Gasteiger partial charge in [0.15, 0.2) is 0 Å². The summed E-state index contributed by atoms with van der Waals surface area (Å²) < 4.78 is 24.9. The Morgan fingerprint density at radius 2 is 2.27 bits per heavy atom. The van der Waals surface area contributed by atoms with Gasteiger partial charge < -0.3 is 5.11 Å². The molecule has 0 aromatic carbocycles. The maximum Gasteiger partial charge on any atom is 0.307 e. The lowest BCUT2D eigenvalue weighted by Gasteiger charge is -2.08. The molecule has 0 aliphatic carbocycles. The molecule has 0 fully saturated rings. The van der Waals surface area contributed by atoms with Gasteiger partial charge in [0.1, 0.15) is 5.69 Å². The molecule has 0 amide bonds. The van der Waals surface area contributed by atoms with E-state index in [1.54, 1.807) is 0 Å². The number of hydrogen-bond acceptors (Lipinski definition) is 2. The highest BCUT2D eigenvalue weighted by Gasteiger charge is 2.18. The van der Waals surface area contributed by atoms with Crippen molar-refractivity contribution < 1.29 is 18.7 Å². The van der Waals surface area contributed by atoms with Crippen LogP contribution >= 0.6 is 11.6 Å². The third kappa shape index (κ3) is 2.86. The second-order valence-corrected chi connectivity index (χ2v) is 3.37. The Labute approximate surface area is 89.7 Å². The fourth-order valence-electron chi connectivity index (χ4n) is 1.19. The molecular formula is C9H8ClF2NO2. The number of carboxylic acids is 1. The molecule has 1 heterocycles. The maximum absolute atomic E-state index is 12.4. The normalized spacial score (nSPS) is 10.7. The van der Waals surface area contributed by atoms with Gasteiger partial charge in [0.2, 0.25) is 0 Å². The number of carbonyl (C=O) groups is 1. The lowest BCUT2D eigenvalue weighted by molar-refractivity contribution is -0.136. The molecule has 1 aromatic heterocycles. The monoisotopic (exact) mass is 235 g/mol. The van der Waals surface area contributed by atoms with E-state index < -0.39 is 18.1 Å². The van der Waals surface area contributed by atoms with E-state index >= 15 is 0 Å². The molecule has 0 radical (unpaired) electrons. The number of halogens is 3. The van der Waals surface area contributed by atoms with E-state index in [1.165, 1.54) is 13.0 Å². The first-order valence-corrected chi connectivity index (χ1v) is 4.45. The van der Waals surface area contributed by atoms with Crippen LogP contribution in [0.5, 0.6) is 0 Å². The number of nitrogens with zero attached hydrogens (tertiary/aromatic N) is 1. The summed E-state index contributed by atoms with van der Waals surface area (Å²) in [5.41, 5.74) is -0.0779. The van der Waals surface area contributed by atoms with Gasteiger partial charge in [-0.25, -0.2) is 8.78 Å². The predicted molar refractivity (Wildman–Crippen MR) is 50.3 cm³/mol. The van der Waals surface area contributed by atoms with Crippen LogP contribution in [0.4, 0.5) is 8.78 Å². The van der Waals surface area contributed by atoms with E-state index in [0.29, 0.717) is 5.69 Å². The summed E-state index contributed by atoms with van der Waals surface area (Å²) in [6.07, 6.45) is -3.19. The van der Waals surface area contributed by atoms with Crippen molar-refractivity contribution in [1.82, 2.24) is 4.98 Å². The zero-order valence-electron chi connectivity index (χ0n) is 7.80. The Kier molecular flexibility index (Phi) is 3.57. The van der Waals surface area contributed by atoms with Crippen LogP contribution in [0.1, 0.15) is 23.4 Å². The number of aromatic nitrogens is 1. The molecule has 0 aliphatic rings. The van der Waals surface area contributed by atoms with Crippen LogP contribution in [-0.2, 0) is 11.2 Å². The van der Waals surface area contributed by atoms with Gasteiger partial charge in [-0.05, 0) is 18.6 Å². The van der Waals surface area contributed by atoms with Crippen molar-refractivity contribution in [2.45, 2.75) is 19.8 Å². The topological polar surface area (TPSA) is 50.2 Å². The minimum absolute atomic E-state index is 0.159. The second-order valence-electron chi connectivity index (χ2n) is 2.99. The molecule has 0 saturated carbocycles. The van der Waals surface area contributed by atoms with Gasteiger partial charge >= 0.3 is 5.97 Å². The Bertz CT molecular complexity index is 396. The van der Waals surface area contributed by atoms with Gasteiger partial charge in [-0.3, -0.25) is 9.78 Å². The van der Waals surface area contributed by atoms with Crippen LogP contribution in [0.25, 0.3) is 0 Å². The summed E-state index contributed by atoms with van der Waals surface area (Å²) >= 11 is 5.61. The molecule has 3 nitrogen and oxygen atoms in total. The van der Waals surface area contributed by atoms with E-state index in [4.69, 9.17) is 16.7 Å². The molecule has 6 heteroatoms. The second kappa shape index (κ2) is 4.53. The van der Waals surface area contributed by atoms with Gasteiger partial charge in [0, 0.05) is 5.69 Å². The maximum atomic E-state index is 12.4. The number of rotatable bonds is 3. The minimum Gasteiger partial charge on any atom is -0.481 e. The van der Waals surface area contributed by atoms with Crippen molar-refractivity contribution in [3.63, 3.8) is 0 Å². The van der Waals surface area contributed by atoms with E-state index in [0.717, 1.165) is 0 Å². The Hall–Kier alpha value is -1.23. The first-order chi connectivity index (χ1) is 6.91. The number of pyridine rings is 1. The largest absolute Gasteiger partial charge is 0.481 e. The molecule has 0 bridgehead atoms. The van der Waals surface area contributed by atoms with E-state index in [2.05, 4.69) is 4.98 Å². The molecule has 0 aliphatic heterocycles. The van der Waals surface area contributed by atoms with Crippen molar-refractivity contribution in [3.05, 3.63) is 28.0 Å². The van der Waals surface area contributed by atoms with Crippen LogP contribution in [0.2, 0.25) is 5.02 Å². The standard InChI is InChI=1S/C9H8ClF2NO2/c1-4-2-5(3-6(14)15)7(10)8(13-4)9(11)12/h2,9H,3H2,1H3,(H,14,15). The smallest absolute Gasteiger partial charge is 0.307 e. The Morgan fingerprint density at radius 1 is 1.67 bits per heavy atom. The van der Waals surface area contributed by atoms with E-state index in [1.807, 2.05) is 0 Å². The van der Waals surface area contributed by atoms with Gasteiger partial charge in [0.05, 0.1) is 11.4 Å². The lowest BCUT2D eigenvalue weighted by atomic mass is 10.1. The summed E-state index contributed by atoms with van der Waals surface area (Å²) in [7, 11) is 0. The van der Waals surface area contributed by atoms with Gasteiger partial charge in [0.25, 0.3) is 6.43 Å². The molecule has 82 valence electrons. The van der Waals surface area contributed by atoms with Gasteiger partial charge in [-0.15, -0.1) is 0 Å². The molecule has 15 heavy (non-hydrogen) atoms. The van der Waals surface area contributed by atoms with Crippen molar-refractivity contribution in [3.8, 4) is 0 Å². The minimum atomic E-state index is -2.80. The highest BCUT2D eigenvalue weighted by Crippen LogP contribution is 2.28. The third-order valence-electron chi connectivity index (χ3n) is 1.74. The van der Waals surface area contributed by atoms with Crippen LogP contribution in [-0.4, -0.2) is 16.1 Å². The van der Waals surface area contributed by atoms with Crippen molar-refractivity contribution in [1.29, 1.82) is 0 Å². The summed E-state index contributed by atoms with van der Waals surface area (Å²) in [6.45, 7) is 1.51. The molecule has 1 rings (SSSR count). The number of aliphatic carboxylic acids is 1. The molecule has 0 spiro atoms. The van der Waals surface area contributed by atoms with Crippen molar-refractivity contribution >= 4 is 17.6 Å². The summed E-state index contributed by atoms with van der Waals surface area (Å²) in [4.78, 5) is 14.0. The van der Waals surface area contributed by atoms with Crippen LogP contribution in [0, 0.1) is 6.92 Å². The summed E-state index contributed by atoms with van der Waals surface area (Å²) in [5.74, 6) is -1.12. The Balaban J connectivity index is 3.21. The Morgan fingerprint density at radius 3 is 2.73 bits per heavy atom. The third-order valence-corrected chi connectivity index (χ3v) is 2.17. The quantitative estimate of drug-likeness (QED) is 0.876. The van der Waals surface area contributed by atoms with Crippen LogP contribution < -0.4 is 0 Å². The zero-order chi connectivity index (χ0) is 11.6. The molecule has 1 N–H and O–H groups in total. The molecule has 1 aromatic rings. The molecule has 0 unspecified atom stereocenters. The number of aryl methyl sites for hydroxylation is 1. The van der Waals surface area contributed by atoms with Crippen molar-refractivity contribution in [2.75, 3.05) is 0 Å². The van der Waals surface area contributed by atoms with Gasteiger partial charge in [-0.1, -0.05) is 11.6 Å². The molecule has 0 atom stereocenters. The summed E-state index contributed by atoms with van der Waals surface area (Å²) in [5, 5.41) is 8.28. The van der Waals surface area contributed by atoms with E-state index in [9.17, 15) is 13.6 Å². The number of alkyl halides is 2. The van der Waals surface area contributed by atoms with E-state index in [-0.39, 0.29) is 17.0 Å². The number of hydrogen-bond donors (Lipinski definition) is 1. The SMILES string of the molecule is Cc1cc(CC(=O)O)c(Cl)c(C(F)F)n1. The van der Waals surface area contributed by atoms with Crippen molar-refractivity contribution in [2.24, 2.45) is 0 Å². The lowest BCUT2D eigenvalue weighted by Crippen LogP contribution is -2.05. The predicted octanol–water partition coefficient (Wildman–Crippen LogP) is 2.61. The molecular weight excluding hydrogens is 228 g/mol. The molecule has 0 saturated heterocycles. The van der Waals surface area contributed by atoms with Crippen LogP contribution in [0.3, 0.4) is 0 Å². The fourth-order valence-corrected chi connectivity index (χ4v) is 1.43. The highest BCUT2D eigenvalue weighted by atomic mass is 35.5. The average Bonchev–Trinajstić information content (AvgIpc) is 2.09. The number of carboxylic acid groups (broad SMARTS) is 1. The first kappa shape index (κ1) is 11.8. The first-order valence-electron chi connectivity index (χ1n) is 4.07. The highest BCUT2D eigenvalue weighted by molar-refractivity contribution is 6.32. The fraction of sp³-hybridized carbons (Fsp3) is 0.333.